The van der Waals surface area contributed by atoms with Gasteiger partial charge in [-0.05, 0) is 83.5 Å². The Morgan fingerprint density at radius 2 is 0.571 bits per heavy atom. The first-order chi connectivity index (χ1) is 34.5. The molecule has 0 fully saturated rings. The molecule has 0 saturated heterocycles. The van der Waals surface area contributed by atoms with Gasteiger partial charge in [-0.2, -0.15) is 0 Å². The number of hydrogen-bond donors (Lipinski definition) is 0. The van der Waals surface area contributed by atoms with Gasteiger partial charge in [0, 0.05) is 19.3 Å². The first kappa shape index (κ1) is 66.9. The highest BCUT2D eigenvalue weighted by molar-refractivity contribution is 5.71. The van der Waals surface area contributed by atoms with Gasteiger partial charge < -0.3 is 14.2 Å². The largest absolute Gasteiger partial charge is 0.462 e. The zero-order chi connectivity index (χ0) is 50.7. The molecule has 0 heterocycles. The average Bonchev–Trinajstić information content (AvgIpc) is 3.36. The van der Waals surface area contributed by atoms with Gasteiger partial charge in [0.2, 0.25) is 0 Å². The highest BCUT2D eigenvalue weighted by Gasteiger charge is 2.19. The van der Waals surface area contributed by atoms with Crippen LogP contribution in [0.4, 0.5) is 0 Å². The molecule has 1 atom stereocenters. The molecule has 0 amide bonds. The second-order valence-corrected chi connectivity index (χ2v) is 19.9. The summed E-state index contributed by atoms with van der Waals surface area (Å²) >= 11 is 0. The smallest absolute Gasteiger partial charge is 0.306 e. The van der Waals surface area contributed by atoms with Crippen molar-refractivity contribution >= 4 is 17.9 Å². The number of carbonyl (C=O) groups is 3. The molecule has 6 heteroatoms. The fourth-order valence-corrected chi connectivity index (χ4v) is 8.45. The second kappa shape index (κ2) is 58.4. The number of rotatable bonds is 54. The van der Waals surface area contributed by atoms with Gasteiger partial charge in [-0.15, -0.1) is 0 Å². The molecule has 0 saturated carbocycles. The minimum absolute atomic E-state index is 0.0819. The van der Waals surface area contributed by atoms with Gasteiger partial charge in [-0.3, -0.25) is 14.4 Å². The number of esters is 3. The third kappa shape index (κ3) is 55.8. The Morgan fingerprint density at radius 1 is 0.300 bits per heavy atom. The SMILES string of the molecule is CC/C=C\C/C=C\C/C=C\C/C=C\CCCCCCCCCCC(=O)OCC(COC(=O)CCCCCCC/C=C\C/C=C\CCCC)OC(=O)CCCCCCCCCCCCCCCCCCC. The van der Waals surface area contributed by atoms with Gasteiger partial charge >= 0.3 is 17.9 Å². The van der Waals surface area contributed by atoms with E-state index in [9.17, 15) is 14.4 Å². The lowest BCUT2D eigenvalue weighted by Gasteiger charge is -2.18. The van der Waals surface area contributed by atoms with Crippen molar-refractivity contribution in [3.63, 3.8) is 0 Å². The van der Waals surface area contributed by atoms with Crippen LogP contribution in [0.5, 0.6) is 0 Å². The van der Waals surface area contributed by atoms with Crippen molar-refractivity contribution in [1.82, 2.24) is 0 Å². The van der Waals surface area contributed by atoms with Crippen LogP contribution in [0.25, 0.3) is 0 Å². The summed E-state index contributed by atoms with van der Waals surface area (Å²) in [7, 11) is 0. The maximum atomic E-state index is 12.9. The summed E-state index contributed by atoms with van der Waals surface area (Å²) in [6, 6.07) is 0. The molecule has 0 aromatic rings. The van der Waals surface area contributed by atoms with Gasteiger partial charge in [0.25, 0.3) is 0 Å². The standard InChI is InChI=1S/C64H112O6/c1-4-7-10-13-16-19-22-25-28-30-31-32-33-35-36-39-42-45-48-51-54-57-63(66)69-60-61(59-68-62(65)56-53-50-47-44-41-38-27-24-21-18-15-12-9-6-3)70-64(67)58-55-52-49-46-43-40-37-34-29-26-23-20-17-14-11-8-5-2/h7,10,15-16,18-19,24-25,27-28,31-32,61H,4-6,8-9,11-14,17,20-23,26,29-30,33-60H2,1-3H3/b10-7-,18-15-,19-16-,27-24-,28-25-,32-31-. The van der Waals surface area contributed by atoms with E-state index < -0.39 is 6.10 Å². The lowest BCUT2D eigenvalue weighted by molar-refractivity contribution is -0.167. The van der Waals surface area contributed by atoms with E-state index >= 15 is 0 Å². The first-order valence-corrected chi connectivity index (χ1v) is 29.9. The molecule has 0 aliphatic heterocycles. The Balaban J connectivity index is 4.37. The summed E-state index contributed by atoms with van der Waals surface area (Å²) in [5.41, 5.74) is 0. The molecule has 404 valence electrons. The van der Waals surface area contributed by atoms with Crippen molar-refractivity contribution in [3.8, 4) is 0 Å². The molecule has 0 rings (SSSR count). The molecule has 0 bridgehead atoms. The highest BCUT2D eigenvalue weighted by Crippen LogP contribution is 2.16. The normalized spacial score (nSPS) is 12.6. The third-order valence-electron chi connectivity index (χ3n) is 12.9. The van der Waals surface area contributed by atoms with E-state index in [1.165, 1.54) is 148 Å². The Hall–Kier alpha value is -3.15. The topological polar surface area (TPSA) is 78.9 Å². The quantitative estimate of drug-likeness (QED) is 0.0261. The molecule has 0 aromatic carbocycles. The minimum Gasteiger partial charge on any atom is -0.462 e. The van der Waals surface area contributed by atoms with Crippen molar-refractivity contribution < 1.29 is 28.6 Å². The van der Waals surface area contributed by atoms with Crippen LogP contribution in [0.3, 0.4) is 0 Å². The monoisotopic (exact) mass is 977 g/mol. The molecule has 0 aliphatic carbocycles. The minimum atomic E-state index is -0.783. The summed E-state index contributed by atoms with van der Waals surface area (Å²) in [5, 5.41) is 0. The number of unbranched alkanes of at least 4 members (excludes halogenated alkanes) is 31. The molecular weight excluding hydrogens is 865 g/mol. The molecular formula is C64H112O6. The van der Waals surface area contributed by atoms with Crippen LogP contribution in [0.2, 0.25) is 0 Å². The summed E-state index contributed by atoms with van der Waals surface area (Å²) in [6.45, 7) is 6.50. The zero-order valence-corrected chi connectivity index (χ0v) is 46.3. The van der Waals surface area contributed by atoms with Crippen LogP contribution in [0, 0.1) is 0 Å². The average molecular weight is 978 g/mol. The van der Waals surface area contributed by atoms with Crippen LogP contribution < -0.4 is 0 Å². The van der Waals surface area contributed by atoms with Crippen molar-refractivity contribution in [2.45, 2.75) is 303 Å². The van der Waals surface area contributed by atoms with Gasteiger partial charge in [0.15, 0.2) is 6.10 Å². The number of ether oxygens (including phenoxy) is 3. The van der Waals surface area contributed by atoms with E-state index in [-0.39, 0.29) is 31.1 Å². The van der Waals surface area contributed by atoms with Crippen LogP contribution in [0.1, 0.15) is 297 Å². The van der Waals surface area contributed by atoms with Gasteiger partial charge in [-0.25, -0.2) is 0 Å². The Labute approximate surface area is 433 Å². The van der Waals surface area contributed by atoms with E-state index in [4.69, 9.17) is 14.2 Å². The van der Waals surface area contributed by atoms with E-state index in [1.54, 1.807) is 0 Å². The first-order valence-electron chi connectivity index (χ1n) is 29.9. The predicted octanol–water partition coefficient (Wildman–Crippen LogP) is 20.2. The van der Waals surface area contributed by atoms with Gasteiger partial charge in [-0.1, -0.05) is 267 Å². The van der Waals surface area contributed by atoms with Crippen LogP contribution >= 0.6 is 0 Å². The summed E-state index contributed by atoms with van der Waals surface area (Å²) in [6.07, 6.45) is 74.6. The van der Waals surface area contributed by atoms with E-state index in [0.717, 1.165) is 109 Å². The fourth-order valence-electron chi connectivity index (χ4n) is 8.45. The van der Waals surface area contributed by atoms with Crippen LogP contribution in [-0.4, -0.2) is 37.2 Å². The predicted molar refractivity (Wildman–Crippen MR) is 302 cm³/mol. The Morgan fingerprint density at radius 3 is 0.914 bits per heavy atom. The number of carbonyl (C=O) groups excluding carboxylic acids is 3. The lowest BCUT2D eigenvalue weighted by atomic mass is 10.0. The van der Waals surface area contributed by atoms with E-state index in [2.05, 4.69) is 93.7 Å². The Kier molecular flexibility index (Phi) is 55.8. The molecule has 0 N–H and O–H groups in total. The maximum absolute atomic E-state index is 12.9. The molecule has 0 aliphatic rings. The summed E-state index contributed by atoms with van der Waals surface area (Å²) in [4.78, 5) is 38.2. The fraction of sp³-hybridized carbons (Fsp3) is 0.766. The number of allylic oxidation sites excluding steroid dienone is 12. The van der Waals surface area contributed by atoms with Crippen LogP contribution in [-0.2, 0) is 28.6 Å². The lowest BCUT2D eigenvalue weighted by Crippen LogP contribution is -2.30. The Bertz CT molecular complexity index is 1310. The maximum Gasteiger partial charge on any atom is 0.306 e. The summed E-state index contributed by atoms with van der Waals surface area (Å²) in [5.74, 6) is -0.890. The van der Waals surface area contributed by atoms with Crippen LogP contribution in [0.15, 0.2) is 72.9 Å². The molecule has 0 radical (unpaired) electrons. The molecule has 0 aromatic heterocycles. The summed E-state index contributed by atoms with van der Waals surface area (Å²) < 4.78 is 16.9. The third-order valence-corrected chi connectivity index (χ3v) is 12.9. The second-order valence-electron chi connectivity index (χ2n) is 19.9. The van der Waals surface area contributed by atoms with Crippen molar-refractivity contribution in [2.75, 3.05) is 13.2 Å². The number of hydrogen-bond acceptors (Lipinski definition) is 6. The van der Waals surface area contributed by atoms with Gasteiger partial charge in [0.1, 0.15) is 13.2 Å². The van der Waals surface area contributed by atoms with E-state index in [0.29, 0.717) is 19.3 Å². The zero-order valence-electron chi connectivity index (χ0n) is 46.3. The molecule has 1 unspecified atom stereocenters. The molecule has 0 spiro atoms. The van der Waals surface area contributed by atoms with Gasteiger partial charge in [0.05, 0.1) is 0 Å². The van der Waals surface area contributed by atoms with Crippen molar-refractivity contribution in [1.29, 1.82) is 0 Å². The molecule has 6 nitrogen and oxygen atoms in total. The highest BCUT2D eigenvalue weighted by atomic mass is 16.6. The molecule has 70 heavy (non-hydrogen) atoms. The van der Waals surface area contributed by atoms with Crippen molar-refractivity contribution in [2.24, 2.45) is 0 Å². The van der Waals surface area contributed by atoms with Crippen molar-refractivity contribution in [3.05, 3.63) is 72.9 Å². The van der Waals surface area contributed by atoms with E-state index in [1.807, 2.05) is 0 Å².